The number of hydrogen-bond acceptors (Lipinski definition) is 3. The molecule has 0 saturated heterocycles. The molecule has 1 aliphatic rings. The number of anilines is 1. The van der Waals surface area contributed by atoms with Crippen LogP contribution in [0.2, 0.25) is 0 Å². The third-order valence-corrected chi connectivity index (χ3v) is 4.50. The summed E-state index contributed by atoms with van der Waals surface area (Å²) in [5.74, 6) is -0.483. The van der Waals surface area contributed by atoms with Crippen LogP contribution in [0.1, 0.15) is 35.7 Å². The molecular weight excluding hydrogens is 345 g/mol. The minimum Gasteiger partial charge on any atom is -0.374 e. The highest BCUT2D eigenvalue weighted by molar-refractivity contribution is 5.95. The molecular formula is C21H24FN3O2. The van der Waals surface area contributed by atoms with Gasteiger partial charge < -0.3 is 15.5 Å². The van der Waals surface area contributed by atoms with Gasteiger partial charge in [-0.3, -0.25) is 9.59 Å². The molecule has 6 heteroatoms. The number of benzene rings is 2. The van der Waals surface area contributed by atoms with Crippen LogP contribution in [-0.4, -0.2) is 35.8 Å². The normalized spacial score (nSPS) is 14.3. The Labute approximate surface area is 158 Å². The van der Waals surface area contributed by atoms with Crippen LogP contribution < -0.4 is 10.6 Å². The lowest BCUT2D eigenvalue weighted by molar-refractivity contribution is -0.130. The predicted molar refractivity (Wildman–Crippen MR) is 103 cm³/mol. The first-order valence-electron chi connectivity index (χ1n) is 9.09. The Morgan fingerprint density at radius 2 is 1.89 bits per heavy atom. The second kappa shape index (κ2) is 8.20. The molecule has 0 bridgehead atoms. The molecule has 0 aromatic heterocycles. The fourth-order valence-corrected chi connectivity index (χ4v) is 2.84. The lowest BCUT2D eigenvalue weighted by Crippen LogP contribution is -2.38. The second-order valence-electron chi connectivity index (χ2n) is 7.02. The predicted octanol–water partition coefficient (Wildman–Crippen LogP) is 3.18. The van der Waals surface area contributed by atoms with E-state index in [9.17, 15) is 14.0 Å². The van der Waals surface area contributed by atoms with Crippen LogP contribution in [0.15, 0.2) is 48.5 Å². The van der Waals surface area contributed by atoms with Gasteiger partial charge in [-0.15, -0.1) is 0 Å². The highest BCUT2D eigenvalue weighted by Gasteiger charge is 2.23. The largest absolute Gasteiger partial charge is 0.374 e. The molecule has 27 heavy (non-hydrogen) atoms. The zero-order valence-corrected chi connectivity index (χ0v) is 15.5. The van der Waals surface area contributed by atoms with Gasteiger partial charge in [0, 0.05) is 30.9 Å². The van der Waals surface area contributed by atoms with Crippen molar-refractivity contribution in [1.82, 2.24) is 10.2 Å². The number of nitrogens with zero attached hydrogens (tertiary/aromatic N) is 1. The van der Waals surface area contributed by atoms with E-state index in [2.05, 4.69) is 10.6 Å². The molecule has 5 nitrogen and oxygen atoms in total. The lowest BCUT2D eigenvalue weighted by Gasteiger charge is -2.23. The minimum atomic E-state index is -0.449. The molecule has 1 atom stereocenters. The van der Waals surface area contributed by atoms with Gasteiger partial charge in [0.2, 0.25) is 5.91 Å². The maximum atomic E-state index is 13.3. The Hall–Kier alpha value is -2.89. The number of likely N-dealkylation sites (N-methyl/N-ethyl adjacent to an activating group) is 1. The van der Waals surface area contributed by atoms with Gasteiger partial charge in [-0.2, -0.15) is 0 Å². The summed E-state index contributed by atoms with van der Waals surface area (Å²) in [6, 6.07) is 13.2. The van der Waals surface area contributed by atoms with Crippen molar-refractivity contribution in [2.45, 2.75) is 38.4 Å². The Balaban J connectivity index is 1.54. The van der Waals surface area contributed by atoms with Crippen LogP contribution in [-0.2, 0) is 11.3 Å². The zero-order valence-electron chi connectivity index (χ0n) is 15.5. The summed E-state index contributed by atoms with van der Waals surface area (Å²) < 4.78 is 13.3. The molecule has 2 amide bonds. The molecule has 0 radical (unpaired) electrons. The van der Waals surface area contributed by atoms with Gasteiger partial charge >= 0.3 is 0 Å². The average Bonchev–Trinajstić information content (AvgIpc) is 3.45. The summed E-state index contributed by atoms with van der Waals surface area (Å²) in [5.41, 5.74) is 2.11. The van der Waals surface area contributed by atoms with Gasteiger partial charge in [0.15, 0.2) is 0 Å². The quantitative estimate of drug-likeness (QED) is 0.788. The number of carbonyl (C=O) groups is 2. The highest BCUT2D eigenvalue weighted by atomic mass is 19.1. The fourth-order valence-electron chi connectivity index (χ4n) is 2.84. The van der Waals surface area contributed by atoms with Crippen molar-refractivity contribution in [3.63, 3.8) is 0 Å². The van der Waals surface area contributed by atoms with Crippen molar-refractivity contribution < 1.29 is 14.0 Å². The Kier molecular flexibility index (Phi) is 5.74. The van der Waals surface area contributed by atoms with Crippen LogP contribution in [0.5, 0.6) is 0 Å². The van der Waals surface area contributed by atoms with Crippen molar-refractivity contribution in [2.75, 3.05) is 12.4 Å². The minimum absolute atomic E-state index is 0.0667. The molecule has 1 saturated carbocycles. The van der Waals surface area contributed by atoms with E-state index in [0.29, 0.717) is 18.2 Å². The molecule has 2 aromatic rings. The Morgan fingerprint density at radius 3 is 2.52 bits per heavy atom. The molecule has 0 aliphatic heterocycles. The van der Waals surface area contributed by atoms with E-state index in [4.69, 9.17) is 0 Å². The fraction of sp³-hybridized carbons (Fsp3) is 0.333. The first-order valence-corrected chi connectivity index (χ1v) is 9.09. The third kappa shape index (κ3) is 5.29. The van der Waals surface area contributed by atoms with Gasteiger partial charge in [0.05, 0.1) is 0 Å². The Bertz CT molecular complexity index is 818. The molecule has 2 N–H and O–H groups in total. The summed E-state index contributed by atoms with van der Waals surface area (Å²) in [6.45, 7) is 2.11. The molecule has 1 aliphatic carbocycles. The van der Waals surface area contributed by atoms with Crippen LogP contribution in [0.3, 0.4) is 0 Å². The van der Waals surface area contributed by atoms with Crippen molar-refractivity contribution >= 4 is 17.5 Å². The molecule has 2 aromatic carbocycles. The van der Waals surface area contributed by atoms with E-state index in [-0.39, 0.29) is 17.6 Å². The van der Waals surface area contributed by atoms with Crippen LogP contribution >= 0.6 is 0 Å². The molecule has 0 spiro atoms. The van der Waals surface area contributed by atoms with E-state index in [1.54, 1.807) is 55.3 Å². The maximum Gasteiger partial charge on any atom is 0.251 e. The smallest absolute Gasteiger partial charge is 0.251 e. The number of rotatable bonds is 7. The van der Waals surface area contributed by atoms with Crippen LogP contribution in [0.25, 0.3) is 0 Å². The first-order chi connectivity index (χ1) is 12.9. The van der Waals surface area contributed by atoms with E-state index in [1.807, 2.05) is 0 Å². The third-order valence-electron chi connectivity index (χ3n) is 4.50. The summed E-state index contributed by atoms with van der Waals surface area (Å²) >= 11 is 0. The summed E-state index contributed by atoms with van der Waals surface area (Å²) in [4.78, 5) is 26.1. The van der Waals surface area contributed by atoms with E-state index in [1.165, 1.54) is 12.1 Å². The first kappa shape index (κ1) is 18.9. The monoisotopic (exact) mass is 369 g/mol. The SMILES string of the molecule is CC(Nc1ccc(C(=O)NC2CC2)cc1)C(=O)N(C)Cc1cccc(F)c1. The zero-order chi connectivity index (χ0) is 19.4. The highest BCUT2D eigenvalue weighted by Crippen LogP contribution is 2.20. The molecule has 142 valence electrons. The summed E-state index contributed by atoms with van der Waals surface area (Å²) in [7, 11) is 1.69. The topological polar surface area (TPSA) is 61.4 Å². The molecule has 1 fully saturated rings. The lowest BCUT2D eigenvalue weighted by atomic mass is 10.1. The van der Waals surface area contributed by atoms with Crippen LogP contribution in [0, 0.1) is 5.82 Å². The van der Waals surface area contributed by atoms with E-state index >= 15 is 0 Å². The van der Waals surface area contributed by atoms with Crippen molar-refractivity contribution in [1.29, 1.82) is 0 Å². The van der Waals surface area contributed by atoms with Gasteiger partial charge in [-0.05, 0) is 61.7 Å². The average molecular weight is 369 g/mol. The molecule has 3 rings (SSSR count). The number of hydrogen-bond donors (Lipinski definition) is 2. The molecule has 1 unspecified atom stereocenters. The van der Waals surface area contributed by atoms with Gasteiger partial charge in [0.25, 0.3) is 5.91 Å². The van der Waals surface area contributed by atoms with Crippen LogP contribution in [0.4, 0.5) is 10.1 Å². The van der Waals surface area contributed by atoms with Crippen molar-refractivity contribution in [3.8, 4) is 0 Å². The summed E-state index contributed by atoms with van der Waals surface area (Å²) in [6.07, 6.45) is 2.10. The van der Waals surface area contributed by atoms with E-state index < -0.39 is 6.04 Å². The van der Waals surface area contributed by atoms with Crippen molar-refractivity contribution in [2.24, 2.45) is 0 Å². The number of amides is 2. The van der Waals surface area contributed by atoms with Gasteiger partial charge in [-0.1, -0.05) is 12.1 Å². The Morgan fingerprint density at radius 1 is 1.19 bits per heavy atom. The molecule has 0 heterocycles. The van der Waals surface area contributed by atoms with Gasteiger partial charge in [-0.25, -0.2) is 4.39 Å². The number of nitrogens with one attached hydrogen (secondary N) is 2. The maximum absolute atomic E-state index is 13.3. The van der Waals surface area contributed by atoms with Gasteiger partial charge in [0.1, 0.15) is 11.9 Å². The standard InChI is InChI=1S/C21H24FN3O2/c1-14(21(27)25(2)13-15-4-3-5-17(22)12-15)23-18-8-6-16(7-9-18)20(26)24-19-10-11-19/h3-9,12,14,19,23H,10-11,13H2,1-2H3,(H,24,26). The number of carbonyl (C=O) groups excluding carboxylic acids is 2. The van der Waals surface area contributed by atoms with Crippen molar-refractivity contribution in [3.05, 3.63) is 65.5 Å². The number of halogens is 1. The summed E-state index contributed by atoms with van der Waals surface area (Å²) in [5, 5.41) is 6.09. The second-order valence-corrected chi connectivity index (χ2v) is 7.02. The van der Waals surface area contributed by atoms with E-state index in [0.717, 1.165) is 24.1 Å².